The molecule has 0 aliphatic rings. The normalized spacial score (nSPS) is 11.3. The van der Waals surface area contributed by atoms with Crippen molar-refractivity contribution in [2.45, 2.75) is 20.3 Å². The largest absolute Gasteiger partial charge is 0.310 e. The molecular weight excluding hydrogens is 733 g/mol. The summed E-state index contributed by atoms with van der Waals surface area (Å²) in [7, 11) is 0. The monoisotopic (exact) mass is 770 g/mol. The molecule has 0 aliphatic heterocycles. The minimum atomic E-state index is -0.132. The molecule has 0 saturated carbocycles. The predicted molar refractivity (Wildman–Crippen MR) is 247 cm³/mol. The van der Waals surface area contributed by atoms with E-state index >= 15 is 0 Å². The number of benzene rings is 7. The summed E-state index contributed by atoms with van der Waals surface area (Å²) in [6.45, 7) is 12.6. The molecule has 2 heterocycles. The zero-order valence-electron chi connectivity index (χ0n) is 33.3. The quantitative estimate of drug-likeness (QED) is 0.136. The first-order chi connectivity index (χ1) is 29.5. The van der Waals surface area contributed by atoms with E-state index in [0.29, 0.717) is 5.56 Å². The Morgan fingerprint density at radius 2 is 1.03 bits per heavy atom. The van der Waals surface area contributed by atoms with Crippen LogP contribution in [0.3, 0.4) is 0 Å². The van der Waals surface area contributed by atoms with Crippen molar-refractivity contribution in [3.8, 4) is 62.6 Å². The second-order valence-electron chi connectivity index (χ2n) is 14.4. The number of aromatic nitrogens is 4. The zero-order chi connectivity index (χ0) is 41.3. The van der Waals surface area contributed by atoms with E-state index in [2.05, 4.69) is 163 Å². The van der Waals surface area contributed by atoms with Crippen molar-refractivity contribution < 1.29 is 0 Å². The number of allylic oxidation sites excluding steroid dienone is 1. The van der Waals surface area contributed by atoms with Crippen LogP contribution in [0.15, 0.2) is 153 Å². The summed E-state index contributed by atoms with van der Waals surface area (Å²) in [6.07, 6.45) is 8.85. The fourth-order valence-electron chi connectivity index (χ4n) is 8.91. The molecule has 0 atom stereocenters. The maximum absolute atomic E-state index is 10.2. The molecule has 0 fully saturated rings. The fraction of sp³-hybridized carbons (Fsp3) is 0.0556. The molecule has 0 spiro atoms. The van der Waals surface area contributed by atoms with E-state index in [0.717, 1.165) is 94.8 Å². The SMILES string of the molecule is C=Cc1c(CC)c(/C=C\C)n(-c2ccc(-c3c(-c4nc(C#N)nc(C#N)n4)c(-c4ccccc4)c4c5ccccc5c5ccccc5c4c3-c3ccccc3)cc2)c1C=C. The van der Waals surface area contributed by atoms with Crippen LogP contribution >= 0.6 is 0 Å². The molecule has 0 amide bonds. The molecule has 9 aromatic rings. The molecule has 6 heteroatoms. The summed E-state index contributed by atoms with van der Waals surface area (Å²) in [5, 5.41) is 27.0. The number of nitriles is 2. The smallest absolute Gasteiger partial charge is 0.236 e. The summed E-state index contributed by atoms with van der Waals surface area (Å²) >= 11 is 0. The van der Waals surface area contributed by atoms with Crippen molar-refractivity contribution in [1.29, 1.82) is 10.5 Å². The van der Waals surface area contributed by atoms with Crippen molar-refractivity contribution in [1.82, 2.24) is 19.5 Å². The molecule has 60 heavy (non-hydrogen) atoms. The predicted octanol–water partition coefficient (Wildman–Crippen LogP) is 13.4. The minimum absolute atomic E-state index is 0.132. The van der Waals surface area contributed by atoms with E-state index in [1.165, 1.54) is 5.56 Å². The Kier molecular flexibility index (Phi) is 9.74. The molecule has 6 nitrogen and oxygen atoms in total. The standard InChI is InChI=1S/C54H38N6/c1-5-19-45-39(7-3)38(6-2)44(8-4)60(45)37-30-28-36(29-31-37)49-48(34-20-11-9-12-21-34)51-42-26-17-15-24-40(42)41-25-16-18-27-43(41)52(51)50(35-22-13-10-14-23-35)53(49)54-58-46(32-55)57-47(33-56)59-54/h5-6,8-31H,2,4,7H2,1,3H3/b19-5-. The van der Waals surface area contributed by atoms with Gasteiger partial charge in [-0.25, -0.2) is 0 Å². The van der Waals surface area contributed by atoms with Crippen LogP contribution < -0.4 is 0 Å². The highest BCUT2D eigenvalue weighted by molar-refractivity contribution is 6.35. The highest BCUT2D eigenvalue weighted by Crippen LogP contribution is 2.54. The van der Waals surface area contributed by atoms with Crippen molar-refractivity contribution in [3.63, 3.8) is 0 Å². The summed E-state index contributed by atoms with van der Waals surface area (Å²) in [5.41, 5.74) is 11.6. The summed E-state index contributed by atoms with van der Waals surface area (Å²) in [5.74, 6) is -0.0231. The average Bonchev–Trinajstić information content (AvgIpc) is 3.63. The Hall–Kier alpha value is -8.19. The molecule has 9 rings (SSSR count). The van der Waals surface area contributed by atoms with Crippen LogP contribution in [0, 0.1) is 22.7 Å². The fourth-order valence-corrected chi connectivity index (χ4v) is 8.91. The molecular formula is C54H38N6. The molecule has 284 valence electrons. The second kappa shape index (κ2) is 15.6. The maximum Gasteiger partial charge on any atom is 0.236 e. The lowest BCUT2D eigenvalue weighted by Gasteiger charge is -2.25. The molecule has 2 aromatic heterocycles. The van der Waals surface area contributed by atoms with Gasteiger partial charge in [-0.2, -0.15) is 25.5 Å². The number of hydrogen-bond acceptors (Lipinski definition) is 5. The molecule has 0 saturated heterocycles. The molecule has 0 bridgehead atoms. The van der Waals surface area contributed by atoms with Crippen LogP contribution in [-0.4, -0.2) is 19.5 Å². The van der Waals surface area contributed by atoms with Crippen LogP contribution in [0.2, 0.25) is 0 Å². The van der Waals surface area contributed by atoms with Gasteiger partial charge in [-0.3, -0.25) is 0 Å². The summed E-state index contributed by atoms with van der Waals surface area (Å²) in [4.78, 5) is 13.8. The van der Waals surface area contributed by atoms with E-state index in [-0.39, 0.29) is 17.5 Å². The van der Waals surface area contributed by atoms with Gasteiger partial charge < -0.3 is 4.57 Å². The Bertz CT molecular complexity index is 3250. The highest BCUT2D eigenvalue weighted by Gasteiger charge is 2.29. The van der Waals surface area contributed by atoms with Gasteiger partial charge >= 0.3 is 0 Å². The van der Waals surface area contributed by atoms with Crippen molar-refractivity contribution in [2.75, 3.05) is 0 Å². The Morgan fingerprint density at radius 1 is 0.550 bits per heavy atom. The van der Waals surface area contributed by atoms with Gasteiger partial charge in [0.05, 0.1) is 5.69 Å². The van der Waals surface area contributed by atoms with Gasteiger partial charge in [-0.1, -0.05) is 154 Å². The third-order valence-electron chi connectivity index (χ3n) is 11.2. The highest BCUT2D eigenvalue weighted by atomic mass is 15.0. The van der Waals surface area contributed by atoms with Gasteiger partial charge in [0.25, 0.3) is 0 Å². The maximum atomic E-state index is 10.2. The van der Waals surface area contributed by atoms with Crippen molar-refractivity contribution in [3.05, 3.63) is 187 Å². The minimum Gasteiger partial charge on any atom is -0.310 e. The molecule has 0 unspecified atom stereocenters. The van der Waals surface area contributed by atoms with E-state index in [4.69, 9.17) is 9.97 Å². The number of hydrogen-bond donors (Lipinski definition) is 0. The Balaban J connectivity index is 1.53. The van der Waals surface area contributed by atoms with Gasteiger partial charge in [0.1, 0.15) is 12.1 Å². The van der Waals surface area contributed by atoms with E-state index < -0.39 is 0 Å². The number of rotatable bonds is 9. The summed E-state index contributed by atoms with van der Waals surface area (Å²) < 4.78 is 2.24. The van der Waals surface area contributed by atoms with Crippen LogP contribution in [0.25, 0.3) is 101 Å². The lowest BCUT2D eigenvalue weighted by atomic mass is 9.78. The molecule has 0 radical (unpaired) electrons. The lowest BCUT2D eigenvalue weighted by molar-refractivity contribution is 0.996. The second-order valence-corrected chi connectivity index (χ2v) is 14.4. The van der Waals surface area contributed by atoms with Crippen LogP contribution in [0.4, 0.5) is 0 Å². The number of nitrogens with zero attached hydrogens (tertiary/aromatic N) is 6. The average molecular weight is 771 g/mol. The van der Waals surface area contributed by atoms with E-state index in [9.17, 15) is 10.5 Å². The van der Waals surface area contributed by atoms with Gasteiger partial charge in [0, 0.05) is 33.6 Å². The van der Waals surface area contributed by atoms with Crippen LogP contribution in [-0.2, 0) is 6.42 Å². The Morgan fingerprint density at radius 3 is 1.50 bits per heavy atom. The Labute approximate surface area is 349 Å². The van der Waals surface area contributed by atoms with Gasteiger partial charge in [0.15, 0.2) is 5.82 Å². The summed E-state index contributed by atoms with van der Waals surface area (Å²) in [6, 6.07) is 50.5. The van der Waals surface area contributed by atoms with Crippen LogP contribution in [0.1, 0.15) is 48.0 Å². The van der Waals surface area contributed by atoms with E-state index in [1.54, 1.807) is 0 Å². The lowest BCUT2D eigenvalue weighted by Crippen LogP contribution is -2.05. The first-order valence-electron chi connectivity index (χ1n) is 19.9. The van der Waals surface area contributed by atoms with Gasteiger partial charge in [0.2, 0.25) is 11.6 Å². The van der Waals surface area contributed by atoms with Crippen molar-refractivity contribution in [2.24, 2.45) is 0 Å². The van der Waals surface area contributed by atoms with Crippen molar-refractivity contribution >= 4 is 50.5 Å². The van der Waals surface area contributed by atoms with E-state index in [1.807, 2.05) is 43.3 Å². The third-order valence-corrected chi connectivity index (χ3v) is 11.2. The van der Waals surface area contributed by atoms with Crippen LogP contribution in [0.5, 0.6) is 0 Å². The number of fused-ring (bicyclic) bond motifs is 6. The first kappa shape index (κ1) is 37.4. The van der Waals surface area contributed by atoms with Gasteiger partial charge in [-0.15, -0.1) is 0 Å². The topological polar surface area (TPSA) is 91.2 Å². The molecule has 7 aromatic carbocycles. The first-order valence-corrected chi connectivity index (χ1v) is 19.9. The third kappa shape index (κ3) is 5.99. The zero-order valence-corrected chi connectivity index (χ0v) is 33.3. The molecule has 0 N–H and O–H groups in total. The van der Waals surface area contributed by atoms with Gasteiger partial charge in [-0.05, 0) is 97.8 Å². The molecule has 0 aliphatic carbocycles.